The minimum absolute atomic E-state index is 0.0306. The molecule has 0 bridgehead atoms. The Balaban J connectivity index is 1.09. The van der Waals surface area contributed by atoms with E-state index in [-0.39, 0.29) is 37.1 Å². The maximum atomic E-state index is 14.8. The number of thiazole rings is 1. The number of carboxylic acids is 1. The van der Waals surface area contributed by atoms with Crippen LogP contribution in [-0.4, -0.2) is 131 Å². The molecule has 2 aromatic heterocycles. The van der Waals surface area contributed by atoms with E-state index < -0.39 is 53.0 Å². The maximum absolute atomic E-state index is 14.8. The Labute approximate surface area is 383 Å². The number of ether oxygens (including phenoxy) is 4. The molecule has 8 rings (SSSR count). The number of amides is 3. The van der Waals surface area contributed by atoms with Gasteiger partial charge in [0, 0.05) is 56.0 Å². The molecule has 0 spiro atoms. The molecule has 2 aliphatic heterocycles. The van der Waals surface area contributed by atoms with Crippen LogP contribution in [0.2, 0.25) is 5.02 Å². The number of hydrogen-bond acceptors (Lipinski definition) is 13. The number of hydrogen-bond donors (Lipinski definition) is 4. The second-order valence-electron chi connectivity index (χ2n) is 19.7. The fraction of sp³-hybridized carbons (Fsp3) is 0.652. The highest BCUT2D eigenvalue weighted by molar-refractivity contribution is 7.14. The summed E-state index contributed by atoms with van der Waals surface area (Å²) in [6.07, 6.45) is 3.29. The lowest BCUT2D eigenvalue weighted by Crippen LogP contribution is -2.59. The third kappa shape index (κ3) is 9.87. The van der Waals surface area contributed by atoms with Gasteiger partial charge in [0.1, 0.15) is 58.7 Å². The second kappa shape index (κ2) is 18.4. The molecule has 18 heteroatoms. The van der Waals surface area contributed by atoms with E-state index in [4.69, 9.17) is 40.5 Å². The summed E-state index contributed by atoms with van der Waals surface area (Å²) in [5.74, 6) is -0.381. The molecule has 5 fully saturated rings. The van der Waals surface area contributed by atoms with Crippen molar-refractivity contribution in [3.05, 3.63) is 28.6 Å². The number of aliphatic carboxylic acids is 1. The number of fused-ring (bicyclic) bond motifs is 2. The Kier molecular flexibility index (Phi) is 13.3. The summed E-state index contributed by atoms with van der Waals surface area (Å²) in [5.41, 5.74) is -0.687. The highest BCUT2D eigenvalue weighted by Crippen LogP contribution is 2.52. The number of halogens is 1. The molecule has 64 heavy (non-hydrogen) atoms. The fourth-order valence-electron chi connectivity index (χ4n) is 9.75. The number of aromatic nitrogens is 2. The summed E-state index contributed by atoms with van der Waals surface area (Å²) in [6, 6.07) is 3.38. The zero-order valence-electron chi connectivity index (χ0n) is 37.8. The average molecular weight is 925 g/mol. The number of carbonyl (C=O) groups is 4. The van der Waals surface area contributed by atoms with Gasteiger partial charge in [-0.25, -0.2) is 19.6 Å². The smallest absolute Gasteiger partial charge is 0.408 e. The number of anilines is 1. The third-order valence-corrected chi connectivity index (χ3v) is 14.7. The van der Waals surface area contributed by atoms with Crippen molar-refractivity contribution in [2.45, 2.75) is 128 Å². The average Bonchev–Trinajstić information content (AvgIpc) is 3.72. The molecule has 348 valence electrons. The summed E-state index contributed by atoms with van der Waals surface area (Å²) in [7, 11) is 1.73. The van der Waals surface area contributed by atoms with Crippen LogP contribution in [0.1, 0.15) is 86.5 Å². The van der Waals surface area contributed by atoms with E-state index >= 15 is 0 Å². The number of methoxy groups -OCH3 is 1. The van der Waals surface area contributed by atoms with E-state index in [0.717, 1.165) is 37.5 Å². The van der Waals surface area contributed by atoms with Crippen molar-refractivity contribution < 1.29 is 43.2 Å². The minimum Gasteiger partial charge on any atom is -0.491 e. The van der Waals surface area contributed by atoms with Crippen molar-refractivity contribution in [3.8, 4) is 22.9 Å². The molecule has 3 saturated carbocycles. The highest BCUT2D eigenvalue weighted by Gasteiger charge is 2.61. The first kappa shape index (κ1) is 46.1. The molecular formula is C46H62ClN7O9S. The topological polar surface area (TPSA) is 194 Å². The van der Waals surface area contributed by atoms with Gasteiger partial charge in [-0.2, -0.15) is 0 Å². The van der Waals surface area contributed by atoms with Crippen LogP contribution < -0.4 is 25.4 Å². The second-order valence-corrected chi connectivity index (χ2v) is 20.9. The Morgan fingerprint density at radius 2 is 1.78 bits per heavy atom. The van der Waals surface area contributed by atoms with Gasteiger partial charge >= 0.3 is 12.1 Å². The first-order valence-electron chi connectivity index (χ1n) is 22.7. The zero-order valence-corrected chi connectivity index (χ0v) is 39.4. The molecule has 3 unspecified atom stereocenters. The highest BCUT2D eigenvalue weighted by atomic mass is 35.5. The molecule has 3 aromatic rings. The van der Waals surface area contributed by atoms with Gasteiger partial charge in [0.25, 0.3) is 0 Å². The lowest BCUT2D eigenvalue weighted by atomic mass is 9.85. The van der Waals surface area contributed by atoms with Crippen LogP contribution in [0, 0.1) is 23.2 Å². The molecule has 16 nitrogen and oxygen atoms in total. The molecule has 0 radical (unpaired) electrons. The van der Waals surface area contributed by atoms with Crippen molar-refractivity contribution in [1.82, 2.24) is 30.4 Å². The number of pyridine rings is 1. The third-order valence-electron chi connectivity index (χ3n) is 13.6. The minimum atomic E-state index is -1.42. The van der Waals surface area contributed by atoms with Crippen LogP contribution in [0.15, 0.2) is 23.6 Å². The number of benzene rings is 1. The number of likely N-dealkylation sites (tertiary alicyclic amines) is 2. The molecule has 3 amide bonds. The van der Waals surface area contributed by atoms with Crippen LogP contribution in [0.4, 0.5) is 9.93 Å². The number of carbonyl (C=O) groups excluding carboxylic acids is 3. The summed E-state index contributed by atoms with van der Waals surface area (Å²) in [5, 5.41) is 22.8. The molecule has 2 saturated heterocycles. The monoisotopic (exact) mass is 923 g/mol. The van der Waals surface area contributed by atoms with E-state index in [9.17, 15) is 24.3 Å². The van der Waals surface area contributed by atoms with Gasteiger partial charge in [-0.05, 0) is 81.3 Å². The number of carboxylic acid groups (broad SMARTS) is 1. The van der Waals surface area contributed by atoms with E-state index in [0.29, 0.717) is 76.6 Å². The Morgan fingerprint density at radius 1 is 1.02 bits per heavy atom. The summed E-state index contributed by atoms with van der Waals surface area (Å²) >= 11 is 8.57. The van der Waals surface area contributed by atoms with E-state index in [2.05, 4.69) is 20.9 Å². The van der Waals surface area contributed by atoms with Crippen LogP contribution in [0.25, 0.3) is 22.3 Å². The molecule has 3 aliphatic carbocycles. The lowest BCUT2D eigenvalue weighted by molar-refractivity contribution is -0.146. The van der Waals surface area contributed by atoms with Gasteiger partial charge in [0.05, 0.1) is 23.9 Å². The van der Waals surface area contributed by atoms with Crippen LogP contribution in [0.5, 0.6) is 11.5 Å². The van der Waals surface area contributed by atoms with Gasteiger partial charge in [0.2, 0.25) is 11.8 Å². The normalized spacial score (nSPS) is 27.9. The zero-order chi connectivity index (χ0) is 45.7. The molecule has 1 aromatic carbocycles. The maximum Gasteiger partial charge on any atom is 0.408 e. The van der Waals surface area contributed by atoms with Gasteiger partial charge < -0.3 is 44.9 Å². The van der Waals surface area contributed by atoms with Crippen LogP contribution in [-0.2, 0) is 23.9 Å². The predicted octanol–water partition coefficient (Wildman–Crippen LogP) is 6.59. The van der Waals surface area contributed by atoms with Crippen molar-refractivity contribution >= 4 is 62.8 Å². The first-order valence-corrected chi connectivity index (χ1v) is 23.9. The standard InChI is InChI=1S/C46H62ClN7O9S/c1-8-27-20-46(27,42(57)58)52-40(55)34-18-30(22-54(34)41(56)39(45(4,5)6)51-44(59)63-29-16-25-15-26(25)17-29)62-36-19-32(33-23-64-43(50-33)48-24(2)3)49-38-31(36)9-10-35(37(38)47)61-14-13-53-12-11-28(21-53)60-7/h9-10,19,23-30,34,39H,8,11-18,20-22H2,1-7H3,(H,48,50)(H,51,59)(H,52,55)(H,57,58)/t25-,26+,27-,28?,29?,30-,34+,39-,46?/m1/s1. The Morgan fingerprint density at radius 3 is 2.44 bits per heavy atom. The van der Waals surface area contributed by atoms with Gasteiger partial charge in [0.15, 0.2) is 5.13 Å². The number of alkyl carbamates (subject to hydrolysis) is 1. The van der Waals surface area contributed by atoms with Crippen LogP contribution in [0.3, 0.4) is 0 Å². The largest absolute Gasteiger partial charge is 0.491 e. The van der Waals surface area contributed by atoms with Gasteiger partial charge in [-0.3, -0.25) is 14.5 Å². The lowest BCUT2D eigenvalue weighted by Gasteiger charge is -2.35. The van der Waals surface area contributed by atoms with Crippen molar-refractivity contribution in [2.75, 3.05) is 45.2 Å². The number of nitrogens with zero attached hydrogens (tertiary/aromatic N) is 4. The predicted molar refractivity (Wildman–Crippen MR) is 243 cm³/mol. The van der Waals surface area contributed by atoms with Crippen LogP contribution >= 0.6 is 22.9 Å². The van der Waals surface area contributed by atoms with Crippen molar-refractivity contribution in [2.24, 2.45) is 23.2 Å². The van der Waals surface area contributed by atoms with Crippen molar-refractivity contribution in [1.29, 1.82) is 0 Å². The first-order chi connectivity index (χ1) is 30.5. The quantitative estimate of drug-likeness (QED) is 0.113. The van der Waals surface area contributed by atoms with Gasteiger partial charge in [-0.15, -0.1) is 11.3 Å². The molecular weight excluding hydrogens is 862 g/mol. The van der Waals surface area contributed by atoms with E-state index in [1.54, 1.807) is 19.2 Å². The van der Waals surface area contributed by atoms with E-state index in [1.165, 1.54) is 22.7 Å². The SMILES string of the molecule is CC[C@@H]1CC1(NC(=O)[C@@H]1C[C@@H](Oc2cc(-c3csc(NC(C)C)n3)nc3c(Cl)c(OCCN4CCC(OC)C4)ccc23)CN1C(=O)[C@@H](NC(=O)OC1C[C@@H]2C[C@@H]2C1)C(C)(C)C)C(=O)O. The summed E-state index contributed by atoms with van der Waals surface area (Å²) in [6.45, 7) is 14.3. The summed E-state index contributed by atoms with van der Waals surface area (Å²) < 4.78 is 24.4. The van der Waals surface area contributed by atoms with Gasteiger partial charge in [-0.1, -0.05) is 45.7 Å². The molecule has 4 heterocycles. The molecule has 9 atom stereocenters. The summed E-state index contributed by atoms with van der Waals surface area (Å²) in [4.78, 5) is 68.6. The molecule has 5 aliphatic rings. The fourth-order valence-corrected chi connectivity index (χ4v) is 10.9. The van der Waals surface area contributed by atoms with Crippen molar-refractivity contribution in [3.63, 3.8) is 0 Å². The number of nitrogens with one attached hydrogen (secondary N) is 3. The molecule has 4 N–H and O–H groups in total. The number of rotatable bonds is 17. The van der Waals surface area contributed by atoms with E-state index in [1.807, 2.05) is 53.0 Å². The Bertz CT molecular complexity index is 2240. The Hall–Kier alpha value is -4.45.